The van der Waals surface area contributed by atoms with Gasteiger partial charge in [-0.3, -0.25) is 19.2 Å². The number of rotatable bonds is 9. The van der Waals surface area contributed by atoms with E-state index in [0.717, 1.165) is 5.06 Å². The summed E-state index contributed by atoms with van der Waals surface area (Å²) in [6.45, 7) is 7.05. The normalized spacial score (nSPS) is 10.4. The highest BCUT2D eigenvalue weighted by Crippen LogP contribution is 2.00. The lowest BCUT2D eigenvalue weighted by molar-refractivity contribution is -0.191. The number of amides is 1. The van der Waals surface area contributed by atoms with Gasteiger partial charge in [-0.25, -0.2) is 5.06 Å². The first-order chi connectivity index (χ1) is 8.88. The van der Waals surface area contributed by atoms with Gasteiger partial charge in [0, 0.05) is 12.8 Å². The van der Waals surface area contributed by atoms with E-state index in [1.54, 1.807) is 20.8 Å². The predicted octanol–water partition coefficient (Wildman–Crippen LogP) is 1.33. The van der Waals surface area contributed by atoms with Crippen molar-refractivity contribution in [1.82, 2.24) is 5.06 Å². The highest BCUT2D eigenvalue weighted by molar-refractivity contribution is 5.76. The molecule has 0 fully saturated rings. The van der Waals surface area contributed by atoms with E-state index in [-0.39, 0.29) is 56.2 Å². The van der Waals surface area contributed by atoms with E-state index in [1.165, 1.54) is 6.92 Å². The first-order valence-electron chi connectivity index (χ1n) is 6.47. The van der Waals surface area contributed by atoms with Crippen LogP contribution in [0.4, 0.5) is 0 Å². The number of esters is 1. The summed E-state index contributed by atoms with van der Waals surface area (Å²) in [5.41, 5.74) is 0. The molecular formula is C13H23NO5. The summed E-state index contributed by atoms with van der Waals surface area (Å²) >= 11 is 0. The topological polar surface area (TPSA) is 72.9 Å². The Labute approximate surface area is 114 Å². The Balaban J connectivity index is 4.10. The average Bonchev–Trinajstić information content (AvgIpc) is 2.35. The van der Waals surface area contributed by atoms with E-state index in [2.05, 4.69) is 0 Å². The van der Waals surface area contributed by atoms with Gasteiger partial charge in [-0.15, -0.1) is 0 Å². The Hall–Kier alpha value is -1.43. The summed E-state index contributed by atoms with van der Waals surface area (Å²) in [6.07, 6.45) is 0.539. The summed E-state index contributed by atoms with van der Waals surface area (Å²) in [4.78, 5) is 38.8. The van der Waals surface area contributed by atoms with Crippen molar-refractivity contribution in [2.45, 2.75) is 40.5 Å². The lowest BCUT2D eigenvalue weighted by atomic mass is 10.2. The molecule has 1 amide bonds. The molecule has 0 aliphatic rings. The first-order valence-corrected chi connectivity index (χ1v) is 6.47. The van der Waals surface area contributed by atoms with Crippen LogP contribution in [0, 0.1) is 5.92 Å². The minimum atomic E-state index is -0.312. The third-order valence-electron chi connectivity index (χ3n) is 2.29. The van der Waals surface area contributed by atoms with Crippen molar-refractivity contribution in [3.05, 3.63) is 0 Å². The molecule has 0 saturated carbocycles. The number of ketones is 1. The van der Waals surface area contributed by atoms with Gasteiger partial charge >= 0.3 is 5.97 Å². The van der Waals surface area contributed by atoms with Gasteiger partial charge in [0.05, 0.1) is 19.1 Å². The number of nitrogens with zero attached hydrogens (tertiary/aromatic N) is 1. The second-order valence-corrected chi connectivity index (χ2v) is 4.46. The van der Waals surface area contributed by atoms with Crippen molar-refractivity contribution < 1.29 is 24.0 Å². The maximum absolute atomic E-state index is 11.6. The van der Waals surface area contributed by atoms with Gasteiger partial charge in [0.2, 0.25) is 5.91 Å². The molecule has 0 radical (unpaired) electrons. The zero-order valence-electron chi connectivity index (χ0n) is 12.1. The van der Waals surface area contributed by atoms with Crippen molar-refractivity contribution in [3.8, 4) is 0 Å². The minimum Gasteiger partial charge on any atom is -0.463 e. The van der Waals surface area contributed by atoms with Crippen molar-refractivity contribution >= 4 is 17.7 Å². The molecule has 6 nitrogen and oxygen atoms in total. The number of hydrogen-bond acceptors (Lipinski definition) is 5. The number of hydrogen-bond donors (Lipinski definition) is 0. The molecule has 0 rings (SSSR count). The third-order valence-corrected chi connectivity index (χ3v) is 2.29. The average molecular weight is 273 g/mol. The van der Waals surface area contributed by atoms with Gasteiger partial charge in [-0.2, -0.15) is 0 Å². The van der Waals surface area contributed by atoms with Crippen LogP contribution >= 0.6 is 0 Å². The second-order valence-electron chi connectivity index (χ2n) is 4.46. The lowest BCUT2D eigenvalue weighted by Gasteiger charge is -2.21. The zero-order chi connectivity index (χ0) is 14.8. The molecule has 0 aliphatic carbocycles. The third kappa shape index (κ3) is 8.31. The van der Waals surface area contributed by atoms with Gasteiger partial charge in [0.15, 0.2) is 0 Å². The maximum atomic E-state index is 11.6. The smallest absolute Gasteiger partial charge is 0.308 e. The van der Waals surface area contributed by atoms with E-state index < -0.39 is 0 Å². The van der Waals surface area contributed by atoms with Crippen molar-refractivity contribution in [3.63, 3.8) is 0 Å². The van der Waals surface area contributed by atoms with Crippen LogP contribution in [0.15, 0.2) is 0 Å². The molecule has 6 heteroatoms. The standard InChI is InChI=1S/C13H23NO5/c1-5-12(16)14(19-8-6-11(4)15)7-9-18-13(17)10(2)3/h10H,5-9H2,1-4H3. The van der Waals surface area contributed by atoms with Crippen LogP contribution in [0.25, 0.3) is 0 Å². The van der Waals surface area contributed by atoms with E-state index in [1.807, 2.05) is 0 Å². The molecule has 0 bridgehead atoms. The highest BCUT2D eigenvalue weighted by atomic mass is 16.7. The molecule has 0 saturated heterocycles. The fourth-order valence-corrected chi connectivity index (χ4v) is 1.13. The first kappa shape index (κ1) is 17.6. The molecule has 0 heterocycles. The molecular weight excluding hydrogens is 250 g/mol. The molecule has 19 heavy (non-hydrogen) atoms. The molecule has 0 aromatic carbocycles. The Morgan fingerprint density at radius 1 is 1.16 bits per heavy atom. The Kier molecular flexibility index (Phi) is 8.78. The zero-order valence-corrected chi connectivity index (χ0v) is 12.1. The van der Waals surface area contributed by atoms with Crippen molar-refractivity contribution in [2.75, 3.05) is 19.8 Å². The minimum absolute atomic E-state index is 0.00451. The second kappa shape index (κ2) is 9.49. The number of hydroxylamine groups is 2. The van der Waals surface area contributed by atoms with Gasteiger partial charge in [-0.1, -0.05) is 20.8 Å². The number of ether oxygens (including phenoxy) is 1. The fraction of sp³-hybridized carbons (Fsp3) is 0.769. The predicted molar refractivity (Wildman–Crippen MR) is 69.1 cm³/mol. The highest BCUT2D eigenvalue weighted by Gasteiger charge is 2.14. The molecule has 110 valence electrons. The van der Waals surface area contributed by atoms with Gasteiger partial charge < -0.3 is 4.74 Å². The summed E-state index contributed by atoms with van der Waals surface area (Å²) in [5.74, 6) is -0.721. The van der Waals surface area contributed by atoms with E-state index in [9.17, 15) is 14.4 Å². The lowest BCUT2D eigenvalue weighted by Crippen LogP contribution is -2.35. The molecule has 0 aromatic heterocycles. The van der Waals surface area contributed by atoms with E-state index in [0.29, 0.717) is 0 Å². The Bertz CT molecular complexity index is 314. The number of carbonyl (C=O) groups is 3. The van der Waals surface area contributed by atoms with Gasteiger partial charge in [-0.05, 0) is 6.92 Å². The molecule has 0 aromatic rings. The van der Waals surface area contributed by atoms with E-state index in [4.69, 9.17) is 9.57 Å². The molecule has 0 N–H and O–H groups in total. The van der Waals surface area contributed by atoms with Crippen LogP contribution in [0.2, 0.25) is 0 Å². The van der Waals surface area contributed by atoms with Crippen LogP contribution in [0.1, 0.15) is 40.5 Å². The SMILES string of the molecule is CCC(=O)N(CCOC(=O)C(C)C)OCCC(C)=O. The summed E-state index contributed by atoms with van der Waals surface area (Å²) in [5, 5.41) is 1.15. The molecule has 0 spiro atoms. The van der Waals surface area contributed by atoms with Crippen LogP contribution < -0.4 is 0 Å². The summed E-state index contributed by atoms with van der Waals surface area (Å²) < 4.78 is 4.98. The van der Waals surface area contributed by atoms with Crippen LogP contribution in [0.3, 0.4) is 0 Å². The number of carbonyl (C=O) groups excluding carboxylic acids is 3. The summed E-state index contributed by atoms with van der Waals surface area (Å²) in [6, 6.07) is 0. The molecule has 0 unspecified atom stereocenters. The molecule has 0 aliphatic heterocycles. The quantitative estimate of drug-likeness (QED) is 0.468. The van der Waals surface area contributed by atoms with Crippen LogP contribution in [-0.4, -0.2) is 42.5 Å². The molecule has 0 atom stereocenters. The van der Waals surface area contributed by atoms with Crippen molar-refractivity contribution in [1.29, 1.82) is 0 Å². The fourth-order valence-electron chi connectivity index (χ4n) is 1.13. The largest absolute Gasteiger partial charge is 0.463 e. The maximum Gasteiger partial charge on any atom is 0.308 e. The summed E-state index contributed by atoms with van der Waals surface area (Å²) in [7, 11) is 0. The Morgan fingerprint density at radius 3 is 2.26 bits per heavy atom. The monoisotopic (exact) mass is 273 g/mol. The van der Waals surface area contributed by atoms with Crippen molar-refractivity contribution in [2.24, 2.45) is 5.92 Å². The van der Waals surface area contributed by atoms with Crippen LogP contribution in [0.5, 0.6) is 0 Å². The van der Waals surface area contributed by atoms with Crippen LogP contribution in [-0.2, 0) is 24.0 Å². The van der Waals surface area contributed by atoms with Gasteiger partial charge in [0.25, 0.3) is 0 Å². The van der Waals surface area contributed by atoms with Gasteiger partial charge in [0.1, 0.15) is 12.4 Å². The van der Waals surface area contributed by atoms with E-state index >= 15 is 0 Å². The number of Topliss-reactive ketones (excluding diaryl/α,β-unsaturated/α-hetero) is 1. The Morgan fingerprint density at radius 2 is 1.79 bits per heavy atom.